The van der Waals surface area contributed by atoms with Gasteiger partial charge in [0.15, 0.2) is 12.4 Å². The van der Waals surface area contributed by atoms with E-state index in [1.54, 1.807) is 0 Å². The minimum Gasteiger partial charge on any atom is -0.453 e. The van der Waals surface area contributed by atoms with Crippen LogP contribution in [0.5, 0.6) is 0 Å². The fraction of sp³-hybridized carbons (Fsp3) is 0.500. The molecule has 1 aromatic rings. The molecule has 1 aliphatic heterocycles. The number of hydrogen-bond donors (Lipinski definition) is 0. The van der Waals surface area contributed by atoms with Crippen molar-refractivity contribution in [3.63, 3.8) is 0 Å². The molecule has 1 heterocycles. The standard InChI is InChI=1S/C14H17NO6/c1-14(2)8-20-13(19-3)11(14)21-12(16)9-4-6-10(7-5-9)15(17)18/h4-7,11,13H,8H2,1-3H3/t11-,13+/m0/s1. The molecule has 0 saturated carbocycles. The number of methoxy groups -OCH3 is 1. The lowest BCUT2D eigenvalue weighted by atomic mass is 9.89. The predicted octanol–water partition coefficient (Wildman–Crippen LogP) is 2.15. The molecule has 0 radical (unpaired) electrons. The van der Waals surface area contributed by atoms with Gasteiger partial charge in [-0.15, -0.1) is 0 Å². The number of rotatable bonds is 4. The molecule has 0 spiro atoms. The molecule has 0 aromatic heterocycles. The van der Waals surface area contributed by atoms with Crippen molar-refractivity contribution in [2.75, 3.05) is 13.7 Å². The molecule has 0 bridgehead atoms. The van der Waals surface area contributed by atoms with Crippen LogP contribution in [0.2, 0.25) is 0 Å². The quantitative estimate of drug-likeness (QED) is 0.480. The summed E-state index contributed by atoms with van der Waals surface area (Å²) < 4.78 is 16.0. The van der Waals surface area contributed by atoms with Crippen molar-refractivity contribution in [3.05, 3.63) is 39.9 Å². The summed E-state index contributed by atoms with van der Waals surface area (Å²) in [5.41, 5.74) is -0.194. The molecule has 0 amide bonds. The van der Waals surface area contributed by atoms with Crippen LogP contribution in [0.15, 0.2) is 24.3 Å². The first-order chi connectivity index (χ1) is 9.85. The molecule has 0 unspecified atom stereocenters. The van der Waals surface area contributed by atoms with E-state index in [2.05, 4.69) is 0 Å². The van der Waals surface area contributed by atoms with Crippen LogP contribution in [-0.2, 0) is 14.2 Å². The number of nitro groups is 1. The number of non-ortho nitro benzene ring substituents is 1. The van der Waals surface area contributed by atoms with E-state index < -0.39 is 23.3 Å². The highest BCUT2D eigenvalue weighted by atomic mass is 16.7. The third kappa shape index (κ3) is 3.20. The third-order valence-corrected chi connectivity index (χ3v) is 3.42. The fourth-order valence-corrected chi connectivity index (χ4v) is 2.14. The number of nitro benzene ring substituents is 1. The van der Waals surface area contributed by atoms with Crippen LogP contribution < -0.4 is 0 Å². The monoisotopic (exact) mass is 295 g/mol. The molecule has 114 valence electrons. The first-order valence-corrected chi connectivity index (χ1v) is 6.45. The number of esters is 1. The van der Waals surface area contributed by atoms with E-state index >= 15 is 0 Å². The van der Waals surface area contributed by atoms with Crippen molar-refractivity contribution in [2.45, 2.75) is 26.2 Å². The van der Waals surface area contributed by atoms with Gasteiger partial charge in [0, 0.05) is 24.7 Å². The summed E-state index contributed by atoms with van der Waals surface area (Å²) >= 11 is 0. The van der Waals surface area contributed by atoms with Crippen molar-refractivity contribution < 1.29 is 23.9 Å². The molecule has 2 atom stereocenters. The van der Waals surface area contributed by atoms with E-state index in [0.29, 0.717) is 6.61 Å². The highest BCUT2D eigenvalue weighted by molar-refractivity contribution is 5.89. The van der Waals surface area contributed by atoms with Gasteiger partial charge in [-0.2, -0.15) is 0 Å². The maximum atomic E-state index is 12.1. The van der Waals surface area contributed by atoms with Crippen LogP contribution in [0.25, 0.3) is 0 Å². The molecule has 1 aliphatic rings. The van der Waals surface area contributed by atoms with Gasteiger partial charge in [0.1, 0.15) is 0 Å². The number of hydrogen-bond acceptors (Lipinski definition) is 6. The first kappa shape index (κ1) is 15.4. The largest absolute Gasteiger partial charge is 0.453 e. The topological polar surface area (TPSA) is 87.9 Å². The third-order valence-electron chi connectivity index (χ3n) is 3.42. The zero-order chi connectivity index (χ0) is 15.6. The van der Waals surface area contributed by atoms with E-state index in [9.17, 15) is 14.9 Å². The van der Waals surface area contributed by atoms with E-state index in [1.165, 1.54) is 31.4 Å². The maximum absolute atomic E-state index is 12.1. The van der Waals surface area contributed by atoms with Gasteiger partial charge in [-0.3, -0.25) is 10.1 Å². The Hall–Kier alpha value is -1.99. The summed E-state index contributed by atoms with van der Waals surface area (Å²) in [5, 5.41) is 10.6. The number of ether oxygens (including phenoxy) is 3. The molecule has 1 fully saturated rings. The smallest absolute Gasteiger partial charge is 0.338 e. The lowest BCUT2D eigenvalue weighted by Crippen LogP contribution is -2.38. The Morgan fingerprint density at radius 3 is 2.52 bits per heavy atom. The van der Waals surface area contributed by atoms with Gasteiger partial charge in [-0.05, 0) is 12.1 Å². The van der Waals surface area contributed by atoms with Gasteiger partial charge >= 0.3 is 5.97 Å². The Labute approximate surface area is 122 Å². The zero-order valence-electron chi connectivity index (χ0n) is 12.1. The molecule has 0 aliphatic carbocycles. The Kier molecular flexibility index (Phi) is 4.24. The molecule has 21 heavy (non-hydrogen) atoms. The van der Waals surface area contributed by atoms with Crippen LogP contribution in [0.4, 0.5) is 5.69 Å². The highest BCUT2D eigenvalue weighted by Gasteiger charge is 2.46. The Morgan fingerprint density at radius 2 is 2.00 bits per heavy atom. The van der Waals surface area contributed by atoms with Crippen molar-refractivity contribution >= 4 is 11.7 Å². The molecular weight excluding hydrogens is 278 g/mol. The van der Waals surface area contributed by atoms with E-state index in [1.807, 2.05) is 13.8 Å². The van der Waals surface area contributed by atoms with Gasteiger partial charge < -0.3 is 14.2 Å². The molecule has 7 nitrogen and oxygen atoms in total. The van der Waals surface area contributed by atoms with Gasteiger partial charge in [0.2, 0.25) is 0 Å². The summed E-state index contributed by atoms with van der Waals surface area (Å²) in [5.74, 6) is -0.560. The lowest BCUT2D eigenvalue weighted by molar-refractivity contribution is -0.384. The normalized spacial score (nSPS) is 23.8. The average molecular weight is 295 g/mol. The maximum Gasteiger partial charge on any atom is 0.338 e. The Bertz CT molecular complexity index is 539. The number of carbonyl (C=O) groups is 1. The van der Waals surface area contributed by atoms with E-state index in [4.69, 9.17) is 14.2 Å². The summed E-state index contributed by atoms with van der Waals surface area (Å²) in [4.78, 5) is 22.2. The summed E-state index contributed by atoms with van der Waals surface area (Å²) in [6.07, 6.45) is -1.15. The Morgan fingerprint density at radius 1 is 1.38 bits per heavy atom. The van der Waals surface area contributed by atoms with Crippen molar-refractivity contribution in [1.29, 1.82) is 0 Å². The second kappa shape index (κ2) is 5.79. The zero-order valence-corrected chi connectivity index (χ0v) is 12.1. The van der Waals surface area contributed by atoms with Crippen molar-refractivity contribution in [1.82, 2.24) is 0 Å². The lowest BCUT2D eigenvalue weighted by Gasteiger charge is -2.27. The average Bonchev–Trinajstić information content (AvgIpc) is 2.74. The number of benzene rings is 1. The summed E-state index contributed by atoms with van der Waals surface area (Å²) in [6, 6.07) is 5.26. The number of carbonyl (C=O) groups excluding carboxylic acids is 1. The van der Waals surface area contributed by atoms with Gasteiger partial charge in [-0.1, -0.05) is 13.8 Å². The van der Waals surface area contributed by atoms with Crippen LogP contribution in [0.3, 0.4) is 0 Å². The van der Waals surface area contributed by atoms with Crippen molar-refractivity contribution in [2.24, 2.45) is 5.41 Å². The first-order valence-electron chi connectivity index (χ1n) is 6.45. The molecule has 1 saturated heterocycles. The van der Waals surface area contributed by atoms with Gasteiger partial charge in [0.25, 0.3) is 5.69 Å². The molecule has 2 rings (SSSR count). The number of nitrogens with zero attached hydrogens (tertiary/aromatic N) is 1. The van der Waals surface area contributed by atoms with Gasteiger partial charge in [0.05, 0.1) is 17.1 Å². The van der Waals surface area contributed by atoms with E-state index in [0.717, 1.165) is 0 Å². The summed E-state index contributed by atoms with van der Waals surface area (Å²) in [6.45, 7) is 4.25. The highest BCUT2D eigenvalue weighted by Crippen LogP contribution is 2.35. The minimum absolute atomic E-state index is 0.0779. The molecule has 7 heteroatoms. The molecular formula is C14H17NO6. The Balaban J connectivity index is 2.11. The van der Waals surface area contributed by atoms with Crippen LogP contribution in [-0.4, -0.2) is 37.0 Å². The van der Waals surface area contributed by atoms with Crippen molar-refractivity contribution in [3.8, 4) is 0 Å². The summed E-state index contributed by atoms with van der Waals surface area (Å²) in [7, 11) is 1.48. The fourth-order valence-electron chi connectivity index (χ4n) is 2.14. The molecule has 0 N–H and O–H groups in total. The van der Waals surface area contributed by atoms with Crippen LogP contribution in [0, 0.1) is 15.5 Å². The van der Waals surface area contributed by atoms with Gasteiger partial charge in [-0.25, -0.2) is 4.79 Å². The second-order valence-corrected chi connectivity index (χ2v) is 5.53. The molecule has 1 aromatic carbocycles. The van der Waals surface area contributed by atoms with Crippen LogP contribution in [0.1, 0.15) is 24.2 Å². The predicted molar refractivity (Wildman–Crippen MR) is 72.8 cm³/mol. The van der Waals surface area contributed by atoms with E-state index in [-0.39, 0.29) is 16.7 Å². The minimum atomic E-state index is -0.609. The second-order valence-electron chi connectivity index (χ2n) is 5.53. The SMILES string of the molecule is CO[C@@H]1OCC(C)(C)[C@H]1OC(=O)c1ccc([N+](=O)[O-])cc1. The van der Waals surface area contributed by atoms with Crippen LogP contribution >= 0.6 is 0 Å².